The van der Waals surface area contributed by atoms with E-state index in [0.717, 1.165) is 12.2 Å². The van der Waals surface area contributed by atoms with Crippen molar-refractivity contribution in [1.29, 1.82) is 0 Å². The van der Waals surface area contributed by atoms with Crippen LogP contribution in [0.25, 0.3) is 0 Å². The zero-order valence-corrected chi connectivity index (χ0v) is 9.08. The maximum Gasteiger partial charge on any atom is 0.120 e. The summed E-state index contributed by atoms with van der Waals surface area (Å²) in [5.74, 6) is 0.928. The molecule has 0 amide bonds. The Bertz CT molecular complexity index is 249. The van der Waals surface area contributed by atoms with Gasteiger partial charge in [-0.15, -0.1) is 0 Å². The number of hydrogen-bond acceptors (Lipinski definition) is 3. The monoisotopic (exact) mass is 197 g/mol. The molecule has 2 N–H and O–H groups in total. The highest BCUT2D eigenvalue weighted by molar-refractivity contribution is 5.04. The molecule has 1 unspecified atom stereocenters. The average Bonchev–Trinajstić information content (AvgIpc) is 2.56. The molecule has 80 valence electrons. The molecule has 0 saturated heterocycles. The molecular weight excluding hydrogens is 178 g/mol. The normalized spacial score (nSPS) is 14.3. The summed E-state index contributed by atoms with van der Waals surface area (Å²) in [4.78, 5) is 0. The van der Waals surface area contributed by atoms with Crippen molar-refractivity contribution in [1.82, 2.24) is 5.32 Å². The van der Waals surface area contributed by atoms with Crippen LogP contribution in [0.3, 0.4) is 0 Å². The Hall–Kier alpha value is -0.800. The molecule has 0 aliphatic heterocycles. The maximum atomic E-state index is 9.57. The van der Waals surface area contributed by atoms with Gasteiger partial charge in [0.1, 0.15) is 5.76 Å². The first-order chi connectivity index (χ1) is 6.53. The average molecular weight is 197 g/mol. The van der Waals surface area contributed by atoms with E-state index in [1.54, 1.807) is 20.1 Å². The van der Waals surface area contributed by atoms with Gasteiger partial charge in [0.15, 0.2) is 0 Å². The van der Waals surface area contributed by atoms with Crippen molar-refractivity contribution in [2.75, 3.05) is 6.54 Å². The molecule has 1 atom stereocenters. The molecule has 14 heavy (non-hydrogen) atoms. The van der Waals surface area contributed by atoms with Crippen LogP contribution in [0.5, 0.6) is 0 Å². The zero-order valence-electron chi connectivity index (χ0n) is 9.08. The number of rotatable bonds is 5. The van der Waals surface area contributed by atoms with E-state index in [2.05, 4.69) is 12.2 Å². The van der Waals surface area contributed by atoms with Crippen LogP contribution in [0.15, 0.2) is 22.8 Å². The fourth-order valence-corrected chi connectivity index (χ4v) is 1.31. The quantitative estimate of drug-likeness (QED) is 0.759. The fourth-order valence-electron chi connectivity index (χ4n) is 1.31. The number of furan rings is 1. The Morgan fingerprint density at radius 3 is 2.71 bits per heavy atom. The summed E-state index contributed by atoms with van der Waals surface area (Å²) >= 11 is 0. The van der Waals surface area contributed by atoms with E-state index >= 15 is 0 Å². The van der Waals surface area contributed by atoms with Gasteiger partial charge in [0.2, 0.25) is 0 Å². The minimum Gasteiger partial charge on any atom is -0.468 e. The molecule has 3 heteroatoms. The SMILES string of the molecule is CCC(NCC(C)(C)O)c1ccco1. The fraction of sp³-hybridized carbons (Fsp3) is 0.636. The van der Waals surface area contributed by atoms with Gasteiger partial charge in [-0.05, 0) is 32.4 Å². The Labute approximate surface area is 85.1 Å². The van der Waals surface area contributed by atoms with Crippen molar-refractivity contribution in [2.24, 2.45) is 0 Å². The molecule has 0 bridgehead atoms. The Morgan fingerprint density at radius 1 is 1.57 bits per heavy atom. The molecule has 3 nitrogen and oxygen atoms in total. The lowest BCUT2D eigenvalue weighted by Gasteiger charge is -2.22. The lowest BCUT2D eigenvalue weighted by atomic mass is 10.1. The Morgan fingerprint density at radius 2 is 2.29 bits per heavy atom. The van der Waals surface area contributed by atoms with Crippen LogP contribution < -0.4 is 5.32 Å². The zero-order chi connectivity index (χ0) is 10.6. The van der Waals surface area contributed by atoms with E-state index in [-0.39, 0.29) is 6.04 Å². The summed E-state index contributed by atoms with van der Waals surface area (Å²) < 4.78 is 5.31. The van der Waals surface area contributed by atoms with Crippen LogP contribution in [-0.4, -0.2) is 17.3 Å². The van der Waals surface area contributed by atoms with Crippen molar-refractivity contribution in [3.8, 4) is 0 Å². The van der Waals surface area contributed by atoms with Gasteiger partial charge in [0, 0.05) is 6.54 Å². The van der Waals surface area contributed by atoms with Gasteiger partial charge in [0.25, 0.3) is 0 Å². The number of aliphatic hydroxyl groups is 1. The lowest BCUT2D eigenvalue weighted by Crippen LogP contribution is -2.36. The van der Waals surface area contributed by atoms with E-state index in [1.165, 1.54) is 0 Å². The maximum absolute atomic E-state index is 9.57. The third-order valence-electron chi connectivity index (χ3n) is 2.08. The molecule has 1 aromatic rings. The van der Waals surface area contributed by atoms with Gasteiger partial charge < -0.3 is 14.8 Å². The predicted molar refractivity (Wildman–Crippen MR) is 56.0 cm³/mol. The van der Waals surface area contributed by atoms with Crippen molar-refractivity contribution in [3.63, 3.8) is 0 Å². The smallest absolute Gasteiger partial charge is 0.120 e. The first-order valence-electron chi connectivity index (χ1n) is 5.02. The number of nitrogens with one attached hydrogen (secondary N) is 1. The Kier molecular flexibility index (Phi) is 3.72. The van der Waals surface area contributed by atoms with Gasteiger partial charge in [-0.3, -0.25) is 0 Å². The molecule has 0 aliphatic carbocycles. The first kappa shape index (κ1) is 11.3. The molecule has 1 rings (SSSR count). The summed E-state index contributed by atoms with van der Waals surface area (Å²) in [5.41, 5.74) is -0.681. The summed E-state index contributed by atoms with van der Waals surface area (Å²) in [6.07, 6.45) is 2.62. The third-order valence-corrected chi connectivity index (χ3v) is 2.08. The van der Waals surface area contributed by atoms with E-state index in [9.17, 15) is 5.11 Å². The largest absolute Gasteiger partial charge is 0.468 e. The van der Waals surface area contributed by atoms with E-state index < -0.39 is 5.60 Å². The number of hydrogen-bond donors (Lipinski definition) is 2. The van der Waals surface area contributed by atoms with Crippen molar-refractivity contribution >= 4 is 0 Å². The molecule has 0 spiro atoms. The minimum atomic E-state index is -0.681. The van der Waals surface area contributed by atoms with Crippen LogP contribution in [-0.2, 0) is 0 Å². The minimum absolute atomic E-state index is 0.191. The summed E-state index contributed by atoms with van der Waals surface area (Å²) in [5, 5.41) is 12.8. The highest BCUT2D eigenvalue weighted by atomic mass is 16.3. The van der Waals surface area contributed by atoms with E-state index in [0.29, 0.717) is 6.54 Å². The summed E-state index contributed by atoms with van der Waals surface area (Å²) in [7, 11) is 0. The second kappa shape index (κ2) is 4.62. The van der Waals surface area contributed by atoms with Crippen LogP contribution >= 0.6 is 0 Å². The van der Waals surface area contributed by atoms with Crippen LogP contribution in [0, 0.1) is 0 Å². The predicted octanol–water partition coefficient (Wildman–Crippen LogP) is 2.09. The summed E-state index contributed by atoms with van der Waals surface area (Å²) in [6, 6.07) is 4.02. The molecule has 0 aromatic carbocycles. The van der Waals surface area contributed by atoms with E-state index in [1.807, 2.05) is 12.1 Å². The van der Waals surface area contributed by atoms with Crippen molar-refractivity contribution in [2.45, 2.75) is 38.8 Å². The molecule has 1 heterocycles. The van der Waals surface area contributed by atoms with Crippen LogP contribution in [0.2, 0.25) is 0 Å². The molecule has 1 aromatic heterocycles. The lowest BCUT2D eigenvalue weighted by molar-refractivity contribution is 0.0752. The van der Waals surface area contributed by atoms with Crippen molar-refractivity contribution < 1.29 is 9.52 Å². The first-order valence-corrected chi connectivity index (χ1v) is 5.02. The molecule has 0 saturated carbocycles. The van der Waals surface area contributed by atoms with Gasteiger partial charge in [-0.2, -0.15) is 0 Å². The second-order valence-corrected chi connectivity index (χ2v) is 4.17. The van der Waals surface area contributed by atoms with Crippen molar-refractivity contribution in [3.05, 3.63) is 24.2 Å². The van der Waals surface area contributed by atoms with Gasteiger partial charge >= 0.3 is 0 Å². The highest BCUT2D eigenvalue weighted by Crippen LogP contribution is 2.17. The second-order valence-electron chi connectivity index (χ2n) is 4.17. The molecular formula is C11H19NO2. The van der Waals surface area contributed by atoms with Gasteiger partial charge in [-0.1, -0.05) is 6.92 Å². The molecule has 0 radical (unpaired) electrons. The topological polar surface area (TPSA) is 45.4 Å². The van der Waals surface area contributed by atoms with Gasteiger partial charge in [-0.25, -0.2) is 0 Å². The van der Waals surface area contributed by atoms with Gasteiger partial charge in [0.05, 0.1) is 17.9 Å². The third kappa shape index (κ3) is 3.52. The Balaban J connectivity index is 2.49. The molecule has 0 fully saturated rings. The summed E-state index contributed by atoms with van der Waals surface area (Å²) in [6.45, 7) is 6.22. The van der Waals surface area contributed by atoms with Crippen LogP contribution in [0.4, 0.5) is 0 Å². The van der Waals surface area contributed by atoms with Crippen LogP contribution in [0.1, 0.15) is 39.0 Å². The molecule has 0 aliphatic rings. The standard InChI is InChI=1S/C11H19NO2/c1-4-9(10-6-5-7-14-10)12-8-11(2,3)13/h5-7,9,12-13H,4,8H2,1-3H3. The highest BCUT2D eigenvalue weighted by Gasteiger charge is 2.17. The van der Waals surface area contributed by atoms with E-state index in [4.69, 9.17) is 4.42 Å².